The van der Waals surface area contributed by atoms with E-state index in [1.54, 1.807) is 24.3 Å². The molecule has 1 aliphatic heterocycles. The number of piperidine rings is 1. The standard InChI is InChI=1S/C21H22N4O2/c22-21(27)17-2-1-3-18-20(17)24-19(12-23-18)15-8-10-25(11-9-15)13-14-4-6-16(26)7-5-14/h1-7,12,15,26H,8-11,13H2,(H2,22,27). The summed E-state index contributed by atoms with van der Waals surface area (Å²) in [6.45, 7) is 2.83. The van der Waals surface area contributed by atoms with Gasteiger partial charge in [-0.1, -0.05) is 18.2 Å². The number of hydrogen-bond acceptors (Lipinski definition) is 5. The molecule has 0 saturated carbocycles. The second kappa shape index (κ2) is 7.32. The lowest BCUT2D eigenvalue weighted by atomic mass is 9.93. The summed E-state index contributed by atoms with van der Waals surface area (Å²) in [4.78, 5) is 23.3. The molecular weight excluding hydrogens is 340 g/mol. The molecule has 2 heterocycles. The minimum atomic E-state index is -0.476. The molecule has 1 amide bonds. The van der Waals surface area contributed by atoms with E-state index in [0.717, 1.165) is 38.2 Å². The largest absolute Gasteiger partial charge is 0.508 e. The fourth-order valence-corrected chi connectivity index (χ4v) is 3.69. The number of fused-ring (bicyclic) bond motifs is 1. The molecule has 0 aliphatic carbocycles. The van der Waals surface area contributed by atoms with E-state index >= 15 is 0 Å². The molecule has 0 bridgehead atoms. The third-order valence-corrected chi connectivity index (χ3v) is 5.21. The average molecular weight is 362 g/mol. The van der Waals surface area contributed by atoms with E-state index in [0.29, 0.717) is 28.3 Å². The topological polar surface area (TPSA) is 92.3 Å². The maximum Gasteiger partial charge on any atom is 0.250 e. The van der Waals surface area contributed by atoms with E-state index in [1.165, 1.54) is 5.56 Å². The van der Waals surface area contributed by atoms with Crippen molar-refractivity contribution in [2.75, 3.05) is 13.1 Å². The van der Waals surface area contributed by atoms with Gasteiger partial charge in [0.25, 0.3) is 5.91 Å². The summed E-state index contributed by atoms with van der Waals surface area (Å²) < 4.78 is 0. The van der Waals surface area contributed by atoms with Crippen LogP contribution in [0.1, 0.15) is 40.4 Å². The van der Waals surface area contributed by atoms with Gasteiger partial charge in [0.1, 0.15) is 11.3 Å². The SMILES string of the molecule is NC(=O)c1cccc2ncc(C3CCN(Cc4ccc(O)cc4)CC3)nc12. The highest BCUT2D eigenvalue weighted by Crippen LogP contribution is 2.28. The molecule has 138 valence electrons. The zero-order valence-corrected chi connectivity index (χ0v) is 15.0. The summed E-state index contributed by atoms with van der Waals surface area (Å²) in [6, 6.07) is 12.7. The van der Waals surface area contributed by atoms with Crippen LogP contribution < -0.4 is 5.73 Å². The van der Waals surface area contributed by atoms with Gasteiger partial charge in [-0.2, -0.15) is 0 Å². The smallest absolute Gasteiger partial charge is 0.250 e. The molecule has 1 aromatic heterocycles. The lowest BCUT2D eigenvalue weighted by molar-refractivity contribution is 0.100. The van der Waals surface area contributed by atoms with Crippen LogP contribution in [-0.4, -0.2) is 39.0 Å². The predicted molar refractivity (Wildman–Crippen MR) is 103 cm³/mol. The van der Waals surface area contributed by atoms with Gasteiger partial charge in [-0.25, -0.2) is 4.98 Å². The molecule has 27 heavy (non-hydrogen) atoms. The Morgan fingerprint density at radius 2 is 1.89 bits per heavy atom. The number of aromatic nitrogens is 2. The minimum absolute atomic E-state index is 0.294. The van der Waals surface area contributed by atoms with Crippen LogP contribution in [0.25, 0.3) is 11.0 Å². The second-order valence-corrected chi connectivity index (χ2v) is 7.05. The number of phenols is 1. The van der Waals surface area contributed by atoms with Crippen LogP contribution in [0.3, 0.4) is 0 Å². The van der Waals surface area contributed by atoms with Crippen molar-refractivity contribution in [3.8, 4) is 5.75 Å². The number of para-hydroxylation sites is 1. The summed E-state index contributed by atoms with van der Waals surface area (Å²) in [5, 5.41) is 9.40. The number of likely N-dealkylation sites (tertiary alicyclic amines) is 1. The first-order chi connectivity index (χ1) is 13.1. The van der Waals surface area contributed by atoms with Gasteiger partial charge in [-0.05, 0) is 55.8 Å². The van der Waals surface area contributed by atoms with E-state index in [2.05, 4.69) is 9.88 Å². The summed E-state index contributed by atoms with van der Waals surface area (Å²) in [6.07, 6.45) is 3.82. The Balaban J connectivity index is 1.47. The van der Waals surface area contributed by atoms with Gasteiger partial charge in [0, 0.05) is 18.7 Å². The van der Waals surface area contributed by atoms with Crippen LogP contribution in [0.15, 0.2) is 48.7 Å². The Labute approximate surface area is 157 Å². The molecule has 3 aromatic rings. The first-order valence-corrected chi connectivity index (χ1v) is 9.16. The van der Waals surface area contributed by atoms with Gasteiger partial charge < -0.3 is 10.8 Å². The first kappa shape index (κ1) is 17.4. The Bertz CT molecular complexity index is 964. The van der Waals surface area contributed by atoms with E-state index in [1.807, 2.05) is 24.4 Å². The molecule has 0 radical (unpaired) electrons. The summed E-state index contributed by atoms with van der Waals surface area (Å²) >= 11 is 0. The number of nitrogens with two attached hydrogens (primary N) is 1. The summed E-state index contributed by atoms with van der Waals surface area (Å²) in [5.41, 5.74) is 9.32. The second-order valence-electron chi connectivity index (χ2n) is 7.05. The van der Waals surface area contributed by atoms with E-state index in [9.17, 15) is 9.90 Å². The van der Waals surface area contributed by atoms with Crippen LogP contribution >= 0.6 is 0 Å². The fraction of sp³-hybridized carbons (Fsp3) is 0.286. The molecule has 1 aliphatic rings. The highest BCUT2D eigenvalue weighted by atomic mass is 16.3. The zero-order chi connectivity index (χ0) is 18.8. The Kier molecular flexibility index (Phi) is 4.73. The van der Waals surface area contributed by atoms with Gasteiger partial charge in [-0.3, -0.25) is 14.7 Å². The lowest BCUT2D eigenvalue weighted by Gasteiger charge is -2.31. The van der Waals surface area contributed by atoms with Crippen LogP contribution in [0.5, 0.6) is 5.75 Å². The summed E-state index contributed by atoms with van der Waals surface area (Å²) in [5.74, 6) is 0.150. The van der Waals surface area contributed by atoms with Crippen LogP contribution in [-0.2, 0) is 6.54 Å². The number of hydrogen-bond donors (Lipinski definition) is 2. The highest BCUT2D eigenvalue weighted by molar-refractivity contribution is 6.03. The van der Waals surface area contributed by atoms with Crippen LogP contribution in [0.2, 0.25) is 0 Å². The van der Waals surface area contributed by atoms with E-state index in [-0.39, 0.29) is 0 Å². The number of carbonyl (C=O) groups is 1. The van der Waals surface area contributed by atoms with Gasteiger partial charge in [0.2, 0.25) is 0 Å². The van der Waals surface area contributed by atoms with Crippen LogP contribution in [0, 0.1) is 0 Å². The van der Waals surface area contributed by atoms with Gasteiger partial charge in [0.05, 0.1) is 16.8 Å². The molecule has 6 heteroatoms. The molecular formula is C21H22N4O2. The third-order valence-electron chi connectivity index (χ3n) is 5.21. The van der Waals surface area contributed by atoms with Crippen molar-refractivity contribution in [2.45, 2.75) is 25.3 Å². The van der Waals surface area contributed by atoms with E-state index < -0.39 is 5.91 Å². The van der Waals surface area contributed by atoms with Crippen molar-refractivity contribution in [1.82, 2.24) is 14.9 Å². The Morgan fingerprint density at radius 1 is 1.15 bits per heavy atom. The minimum Gasteiger partial charge on any atom is -0.508 e. The monoisotopic (exact) mass is 362 g/mol. The summed E-state index contributed by atoms with van der Waals surface area (Å²) in [7, 11) is 0. The van der Waals surface area contributed by atoms with Crippen molar-refractivity contribution in [3.63, 3.8) is 0 Å². The number of phenolic OH excluding ortho intramolecular Hbond substituents is 1. The number of nitrogens with zero attached hydrogens (tertiary/aromatic N) is 3. The highest BCUT2D eigenvalue weighted by Gasteiger charge is 2.23. The molecule has 0 atom stereocenters. The molecule has 1 fully saturated rings. The van der Waals surface area contributed by atoms with Gasteiger partial charge in [0.15, 0.2) is 0 Å². The van der Waals surface area contributed by atoms with E-state index in [4.69, 9.17) is 10.7 Å². The molecule has 2 aromatic carbocycles. The van der Waals surface area contributed by atoms with Crippen molar-refractivity contribution in [3.05, 3.63) is 65.5 Å². The van der Waals surface area contributed by atoms with Gasteiger partial charge in [-0.15, -0.1) is 0 Å². The Morgan fingerprint density at radius 3 is 2.59 bits per heavy atom. The predicted octanol–water partition coefficient (Wildman–Crippen LogP) is 2.81. The number of aromatic hydroxyl groups is 1. The van der Waals surface area contributed by atoms with Crippen molar-refractivity contribution >= 4 is 16.9 Å². The van der Waals surface area contributed by atoms with Crippen LogP contribution in [0.4, 0.5) is 0 Å². The first-order valence-electron chi connectivity index (χ1n) is 9.16. The van der Waals surface area contributed by atoms with Crippen molar-refractivity contribution in [2.24, 2.45) is 5.73 Å². The number of benzene rings is 2. The number of carbonyl (C=O) groups excluding carboxylic acids is 1. The molecule has 1 saturated heterocycles. The maximum absolute atomic E-state index is 11.7. The quantitative estimate of drug-likeness (QED) is 0.744. The molecule has 6 nitrogen and oxygen atoms in total. The van der Waals surface area contributed by atoms with Crippen molar-refractivity contribution in [1.29, 1.82) is 0 Å². The molecule has 0 unspecified atom stereocenters. The molecule has 4 rings (SSSR count). The third kappa shape index (κ3) is 3.75. The maximum atomic E-state index is 11.7. The molecule has 0 spiro atoms. The average Bonchev–Trinajstić information content (AvgIpc) is 2.69. The van der Waals surface area contributed by atoms with Crippen molar-refractivity contribution < 1.29 is 9.90 Å². The molecule has 3 N–H and O–H groups in total. The van der Waals surface area contributed by atoms with Gasteiger partial charge >= 0.3 is 0 Å². The number of amides is 1. The fourth-order valence-electron chi connectivity index (χ4n) is 3.69. The normalized spacial score (nSPS) is 15.9. The number of rotatable bonds is 4. The zero-order valence-electron chi connectivity index (χ0n) is 15.0. The lowest BCUT2D eigenvalue weighted by Crippen LogP contribution is -2.32. The Hall–Kier alpha value is -2.99. The number of primary amides is 1.